The molecular formula is C19H22FN3O3. The minimum Gasteiger partial charge on any atom is -0.483 e. The zero-order chi connectivity index (χ0) is 18.9. The zero-order valence-corrected chi connectivity index (χ0v) is 14.8. The summed E-state index contributed by atoms with van der Waals surface area (Å²) in [4.78, 5) is 26.1. The molecule has 0 atom stereocenters. The van der Waals surface area contributed by atoms with Crippen molar-refractivity contribution in [1.29, 1.82) is 0 Å². The summed E-state index contributed by atoms with van der Waals surface area (Å²) in [7, 11) is 3.50. The number of nitrogens with zero attached hydrogens (tertiary/aromatic N) is 1. The van der Waals surface area contributed by atoms with Crippen molar-refractivity contribution in [3.8, 4) is 5.75 Å². The molecule has 0 saturated heterocycles. The Hall–Kier alpha value is -2.93. The van der Waals surface area contributed by atoms with Crippen molar-refractivity contribution >= 4 is 17.5 Å². The van der Waals surface area contributed by atoms with E-state index in [4.69, 9.17) is 4.74 Å². The molecule has 2 aromatic rings. The molecule has 2 rings (SSSR count). The van der Waals surface area contributed by atoms with Crippen LogP contribution in [-0.4, -0.2) is 50.5 Å². The summed E-state index contributed by atoms with van der Waals surface area (Å²) < 4.78 is 19.1. The number of hydrogen-bond donors (Lipinski definition) is 2. The Labute approximate surface area is 152 Å². The lowest BCUT2D eigenvalue weighted by Crippen LogP contribution is -2.33. The van der Waals surface area contributed by atoms with Gasteiger partial charge in [0.25, 0.3) is 11.8 Å². The largest absolute Gasteiger partial charge is 0.483 e. The van der Waals surface area contributed by atoms with Gasteiger partial charge in [-0.1, -0.05) is 24.3 Å². The van der Waals surface area contributed by atoms with Gasteiger partial charge in [0.15, 0.2) is 6.61 Å². The summed E-state index contributed by atoms with van der Waals surface area (Å²) in [5.74, 6) is -0.939. The van der Waals surface area contributed by atoms with Gasteiger partial charge in [0, 0.05) is 20.1 Å². The second-order valence-corrected chi connectivity index (χ2v) is 5.64. The van der Waals surface area contributed by atoms with Crippen molar-refractivity contribution in [2.75, 3.05) is 39.1 Å². The number of benzene rings is 2. The number of carbonyl (C=O) groups excluding carboxylic acids is 2. The summed E-state index contributed by atoms with van der Waals surface area (Å²) in [5, 5.41) is 5.42. The van der Waals surface area contributed by atoms with Crippen molar-refractivity contribution in [3.05, 3.63) is 59.9 Å². The van der Waals surface area contributed by atoms with Gasteiger partial charge in [-0.3, -0.25) is 9.59 Å². The number of carbonyl (C=O) groups is 2. The third-order valence-electron chi connectivity index (χ3n) is 3.67. The van der Waals surface area contributed by atoms with E-state index >= 15 is 0 Å². The number of halogens is 1. The van der Waals surface area contributed by atoms with Gasteiger partial charge in [0.05, 0.1) is 11.3 Å². The lowest BCUT2D eigenvalue weighted by atomic mass is 10.1. The number of anilines is 1. The third-order valence-corrected chi connectivity index (χ3v) is 3.67. The molecule has 0 aliphatic carbocycles. The standard InChI is InChI=1S/C19H22FN3O3/c1-21-11-12-23(2)19(25)14-7-3-6-10-17(14)26-13-18(24)22-16-9-5-4-8-15(16)20/h3-10,21H,11-13H2,1-2H3,(H,22,24). The molecule has 2 aromatic carbocycles. The van der Waals surface area contributed by atoms with Gasteiger partial charge in [0.2, 0.25) is 0 Å². The van der Waals surface area contributed by atoms with Crippen molar-refractivity contribution in [2.45, 2.75) is 0 Å². The van der Waals surface area contributed by atoms with Gasteiger partial charge in [-0.15, -0.1) is 0 Å². The monoisotopic (exact) mass is 359 g/mol. The molecule has 6 nitrogen and oxygen atoms in total. The molecular weight excluding hydrogens is 337 g/mol. The molecule has 0 heterocycles. The summed E-state index contributed by atoms with van der Waals surface area (Å²) in [6.45, 7) is 0.868. The normalized spacial score (nSPS) is 10.3. The molecule has 2 N–H and O–H groups in total. The second kappa shape index (κ2) is 9.53. The van der Waals surface area contributed by atoms with Crippen LogP contribution < -0.4 is 15.4 Å². The van der Waals surface area contributed by atoms with Gasteiger partial charge in [0.1, 0.15) is 11.6 Å². The molecule has 138 valence electrons. The highest BCUT2D eigenvalue weighted by Gasteiger charge is 2.17. The predicted molar refractivity (Wildman–Crippen MR) is 97.9 cm³/mol. The van der Waals surface area contributed by atoms with Crippen molar-refractivity contribution in [2.24, 2.45) is 0 Å². The summed E-state index contributed by atoms with van der Waals surface area (Å²) in [5.41, 5.74) is 0.446. The SMILES string of the molecule is CNCCN(C)C(=O)c1ccccc1OCC(=O)Nc1ccccc1F. The molecule has 0 fully saturated rings. The molecule has 0 aliphatic rings. The van der Waals surface area contributed by atoms with Crippen LogP contribution in [0.3, 0.4) is 0 Å². The molecule has 0 bridgehead atoms. The molecule has 0 aromatic heterocycles. The molecule has 0 spiro atoms. The maximum atomic E-state index is 13.6. The first-order chi connectivity index (χ1) is 12.5. The number of para-hydroxylation sites is 2. The van der Waals surface area contributed by atoms with Crippen LogP contribution in [0.5, 0.6) is 5.75 Å². The minimum absolute atomic E-state index is 0.0808. The van der Waals surface area contributed by atoms with Gasteiger partial charge in [-0.05, 0) is 31.3 Å². The number of nitrogens with one attached hydrogen (secondary N) is 2. The maximum Gasteiger partial charge on any atom is 0.262 e. The highest BCUT2D eigenvalue weighted by molar-refractivity contribution is 5.97. The fourth-order valence-electron chi connectivity index (χ4n) is 2.25. The summed E-state index contributed by atoms with van der Waals surface area (Å²) in [6, 6.07) is 12.6. The first kappa shape index (κ1) is 19.4. The molecule has 0 unspecified atom stereocenters. The first-order valence-electron chi connectivity index (χ1n) is 8.19. The Kier molecular flexibility index (Phi) is 7.11. The van der Waals surface area contributed by atoms with E-state index in [1.54, 1.807) is 42.3 Å². The van der Waals surface area contributed by atoms with Gasteiger partial charge in [-0.25, -0.2) is 4.39 Å². The van der Waals surface area contributed by atoms with E-state index < -0.39 is 11.7 Å². The topological polar surface area (TPSA) is 70.7 Å². The van der Waals surface area contributed by atoms with Crippen LogP contribution in [-0.2, 0) is 4.79 Å². The highest BCUT2D eigenvalue weighted by Crippen LogP contribution is 2.20. The first-order valence-corrected chi connectivity index (χ1v) is 8.19. The molecule has 0 radical (unpaired) electrons. The van der Waals surface area contributed by atoms with Crippen LogP contribution >= 0.6 is 0 Å². The van der Waals surface area contributed by atoms with E-state index in [2.05, 4.69) is 10.6 Å². The number of likely N-dealkylation sites (N-methyl/N-ethyl adjacent to an activating group) is 2. The average Bonchev–Trinajstić information content (AvgIpc) is 2.66. The van der Waals surface area contributed by atoms with E-state index in [0.717, 1.165) is 0 Å². The third kappa shape index (κ3) is 5.29. The molecule has 2 amide bonds. The fourth-order valence-corrected chi connectivity index (χ4v) is 2.25. The Bertz CT molecular complexity index is 767. The van der Waals surface area contributed by atoms with Crippen LogP contribution in [0.25, 0.3) is 0 Å². The number of amides is 2. The molecule has 0 saturated carbocycles. The van der Waals surface area contributed by atoms with Crippen LogP contribution in [0.4, 0.5) is 10.1 Å². The van der Waals surface area contributed by atoms with E-state index in [-0.39, 0.29) is 18.2 Å². The highest BCUT2D eigenvalue weighted by atomic mass is 19.1. The van der Waals surface area contributed by atoms with E-state index in [1.807, 2.05) is 7.05 Å². The van der Waals surface area contributed by atoms with Gasteiger partial charge >= 0.3 is 0 Å². The number of ether oxygens (including phenoxy) is 1. The minimum atomic E-state index is -0.525. The smallest absolute Gasteiger partial charge is 0.262 e. The van der Waals surface area contributed by atoms with Crippen LogP contribution in [0.1, 0.15) is 10.4 Å². The van der Waals surface area contributed by atoms with Crippen molar-refractivity contribution in [3.63, 3.8) is 0 Å². The lowest BCUT2D eigenvalue weighted by molar-refractivity contribution is -0.118. The van der Waals surface area contributed by atoms with Crippen LogP contribution in [0.15, 0.2) is 48.5 Å². The van der Waals surface area contributed by atoms with E-state index in [1.165, 1.54) is 18.2 Å². The Morgan fingerprint density at radius 3 is 2.54 bits per heavy atom. The molecule has 7 heteroatoms. The van der Waals surface area contributed by atoms with Crippen LogP contribution in [0, 0.1) is 5.82 Å². The van der Waals surface area contributed by atoms with Gasteiger partial charge < -0.3 is 20.3 Å². The Morgan fingerprint density at radius 2 is 1.81 bits per heavy atom. The lowest BCUT2D eigenvalue weighted by Gasteiger charge is -2.19. The quantitative estimate of drug-likeness (QED) is 0.758. The summed E-state index contributed by atoms with van der Waals surface area (Å²) in [6.07, 6.45) is 0. The summed E-state index contributed by atoms with van der Waals surface area (Å²) >= 11 is 0. The fraction of sp³-hybridized carbons (Fsp3) is 0.263. The Balaban J connectivity index is 2.00. The van der Waals surface area contributed by atoms with Gasteiger partial charge in [-0.2, -0.15) is 0 Å². The van der Waals surface area contributed by atoms with Crippen molar-refractivity contribution in [1.82, 2.24) is 10.2 Å². The second-order valence-electron chi connectivity index (χ2n) is 5.64. The average molecular weight is 359 g/mol. The predicted octanol–water partition coefficient (Wildman–Crippen LogP) is 2.13. The Morgan fingerprint density at radius 1 is 1.12 bits per heavy atom. The van der Waals surface area contributed by atoms with Crippen molar-refractivity contribution < 1.29 is 18.7 Å². The number of rotatable bonds is 8. The maximum absolute atomic E-state index is 13.6. The zero-order valence-electron chi connectivity index (χ0n) is 14.8. The van der Waals surface area contributed by atoms with E-state index in [0.29, 0.717) is 24.4 Å². The van der Waals surface area contributed by atoms with E-state index in [9.17, 15) is 14.0 Å². The number of hydrogen-bond acceptors (Lipinski definition) is 4. The van der Waals surface area contributed by atoms with Crippen LogP contribution in [0.2, 0.25) is 0 Å². The molecule has 26 heavy (non-hydrogen) atoms. The molecule has 0 aliphatic heterocycles.